The Labute approximate surface area is 103 Å². The van der Waals surface area contributed by atoms with E-state index in [0.717, 1.165) is 18.7 Å². The summed E-state index contributed by atoms with van der Waals surface area (Å²) in [6.45, 7) is 6.85. The molecule has 2 rings (SSSR count). The van der Waals surface area contributed by atoms with Crippen molar-refractivity contribution in [3.05, 3.63) is 18.2 Å². The van der Waals surface area contributed by atoms with Gasteiger partial charge in [-0.15, -0.1) is 0 Å². The van der Waals surface area contributed by atoms with Gasteiger partial charge < -0.3 is 4.57 Å². The molecule has 1 aromatic rings. The summed E-state index contributed by atoms with van der Waals surface area (Å²) in [5, 5.41) is 13.0. The predicted octanol–water partition coefficient (Wildman–Crippen LogP) is 1.86. The van der Waals surface area contributed by atoms with Crippen LogP contribution in [0.3, 0.4) is 0 Å². The fourth-order valence-corrected chi connectivity index (χ4v) is 2.38. The molecule has 0 aliphatic heterocycles. The third kappa shape index (κ3) is 2.50. The van der Waals surface area contributed by atoms with Gasteiger partial charge in [-0.2, -0.15) is 5.26 Å². The molecule has 0 amide bonds. The molecule has 1 saturated carbocycles. The number of imidazole rings is 1. The normalized spacial score (nSPS) is 19.0. The minimum atomic E-state index is -0.431. The Kier molecular flexibility index (Phi) is 3.21. The minimum Gasteiger partial charge on any atom is -0.332 e. The summed E-state index contributed by atoms with van der Waals surface area (Å²) >= 11 is 0. The Morgan fingerprint density at radius 1 is 1.65 bits per heavy atom. The van der Waals surface area contributed by atoms with Crippen LogP contribution in [0.1, 0.15) is 32.5 Å². The highest BCUT2D eigenvalue weighted by Gasteiger charge is 2.46. The highest BCUT2D eigenvalue weighted by molar-refractivity contribution is 5.16. The molecule has 92 valence electrons. The smallest absolute Gasteiger partial charge is 0.127 e. The molecule has 1 aliphatic rings. The second-order valence-corrected chi connectivity index (χ2v) is 5.26. The van der Waals surface area contributed by atoms with E-state index in [-0.39, 0.29) is 0 Å². The molecular weight excluding hydrogens is 212 g/mol. The number of hydrogen-bond acceptors (Lipinski definition) is 3. The van der Waals surface area contributed by atoms with Crippen molar-refractivity contribution in [1.29, 1.82) is 5.26 Å². The first kappa shape index (κ1) is 12.1. The predicted molar refractivity (Wildman–Crippen MR) is 66.3 cm³/mol. The first-order valence-electron chi connectivity index (χ1n) is 6.24. The van der Waals surface area contributed by atoms with Crippen molar-refractivity contribution in [2.45, 2.75) is 51.7 Å². The summed E-state index contributed by atoms with van der Waals surface area (Å²) in [6, 6.07) is 2.83. The zero-order valence-corrected chi connectivity index (χ0v) is 10.8. The van der Waals surface area contributed by atoms with Crippen LogP contribution in [0.25, 0.3) is 0 Å². The lowest BCUT2D eigenvalue weighted by atomic mass is 9.93. The van der Waals surface area contributed by atoms with Gasteiger partial charge in [-0.3, -0.25) is 5.32 Å². The Balaban J connectivity index is 2.21. The van der Waals surface area contributed by atoms with Crippen LogP contribution in [0.2, 0.25) is 0 Å². The molecule has 17 heavy (non-hydrogen) atoms. The van der Waals surface area contributed by atoms with Gasteiger partial charge in [0.2, 0.25) is 0 Å². The molecule has 1 fully saturated rings. The monoisotopic (exact) mass is 232 g/mol. The lowest BCUT2D eigenvalue weighted by Crippen LogP contribution is -2.52. The third-order valence-corrected chi connectivity index (χ3v) is 3.36. The van der Waals surface area contributed by atoms with Gasteiger partial charge in [0.05, 0.1) is 12.6 Å². The SMILES string of the molecule is Cc1nccn1CC(C#N)(NC(C)C)C1CC1. The summed E-state index contributed by atoms with van der Waals surface area (Å²) in [4.78, 5) is 4.22. The Hall–Kier alpha value is -1.34. The fraction of sp³-hybridized carbons (Fsp3) is 0.692. The van der Waals surface area contributed by atoms with Crippen molar-refractivity contribution in [2.75, 3.05) is 0 Å². The molecule has 1 N–H and O–H groups in total. The van der Waals surface area contributed by atoms with Gasteiger partial charge in [0.25, 0.3) is 0 Å². The Morgan fingerprint density at radius 3 is 2.76 bits per heavy atom. The van der Waals surface area contributed by atoms with Crippen LogP contribution in [0.4, 0.5) is 0 Å². The molecule has 0 spiro atoms. The molecule has 1 aromatic heterocycles. The topological polar surface area (TPSA) is 53.6 Å². The zero-order chi connectivity index (χ0) is 12.5. The standard InChI is InChI=1S/C13H20N4/c1-10(2)16-13(8-14,12-4-5-12)9-17-7-6-15-11(17)3/h6-7,10,12,16H,4-5,9H2,1-3H3. The maximum Gasteiger partial charge on any atom is 0.127 e. The van der Waals surface area contributed by atoms with Gasteiger partial charge in [0.1, 0.15) is 11.4 Å². The van der Waals surface area contributed by atoms with Crippen LogP contribution < -0.4 is 5.32 Å². The second-order valence-electron chi connectivity index (χ2n) is 5.26. The number of nitrogens with one attached hydrogen (secondary N) is 1. The number of hydrogen-bond donors (Lipinski definition) is 1. The molecule has 0 radical (unpaired) electrons. The van der Waals surface area contributed by atoms with Gasteiger partial charge in [0.15, 0.2) is 0 Å². The summed E-state index contributed by atoms with van der Waals surface area (Å²) in [5.41, 5.74) is -0.431. The van der Waals surface area contributed by atoms with Crippen LogP contribution in [0.5, 0.6) is 0 Å². The van der Waals surface area contributed by atoms with Crippen molar-refractivity contribution in [2.24, 2.45) is 5.92 Å². The summed E-state index contributed by atoms with van der Waals surface area (Å²) in [6.07, 6.45) is 6.05. The first-order valence-corrected chi connectivity index (χ1v) is 6.24. The van der Waals surface area contributed by atoms with E-state index in [2.05, 4.69) is 34.8 Å². The van der Waals surface area contributed by atoms with Crippen LogP contribution in [-0.4, -0.2) is 21.1 Å². The van der Waals surface area contributed by atoms with E-state index in [4.69, 9.17) is 0 Å². The zero-order valence-electron chi connectivity index (χ0n) is 10.8. The highest BCUT2D eigenvalue weighted by atomic mass is 15.1. The van der Waals surface area contributed by atoms with Crippen LogP contribution in [0.15, 0.2) is 12.4 Å². The number of nitriles is 1. The van der Waals surface area contributed by atoms with Crippen LogP contribution in [-0.2, 0) is 6.54 Å². The Bertz CT molecular complexity index is 425. The average molecular weight is 232 g/mol. The van der Waals surface area contributed by atoms with Gasteiger partial charge in [-0.25, -0.2) is 4.98 Å². The van der Waals surface area contributed by atoms with Crippen molar-refractivity contribution < 1.29 is 0 Å². The van der Waals surface area contributed by atoms with Gasteiger partial charge in [-0.05, 0) is 39.5 Å². The van der Waals surface area contributed by atoms with E-state index in [0.29, 0.717) is 18.5 Å². The highest BCUT2D eigenvalue weighted by Crippen LogP contribution is 2.40. The van der Waals surface area contributed by atoms with Crippen molar-refractivity contribution in [1.82, 2.24) is 14.9 Å². The fourth-order valence-electron chi connectivity index (χ4n) is 2.38. The van der Waals surface area contributed by atoms with Crippen LogP contribution >= 0.6 is 0 Å². The Morgan fingerprint density at radius 2 is 2.35 bits per heavy atom. The maximum atomic E-state index is 9.58. The number of nitrogens with zero attached hydrogens (tertiary/aromatic N) is 3. The quantitative estimate of drug-likeness (QED) is 0.843. The number of aryl methyl sites for hydroxylation is 1. The lowest BCUT2D eigenvalue weighted by Gasteiger charge is -2.31. The number of aromatic nitrogens is 2. The summed E-state index contributed by atoms with van der Waals surface area (Å²) in [5.74, 6) is 1.45. The van der Waals surface area contributed by atoms with E-state index < -0.39 is 5.54 Å². The average Bonchev–Trinajstić information content (AvgIpc) is 3.04. The molecule has 1 unspecified atom stereocenters. The molecule has 1 heterocycles. The summed E-state index contributed by atoms with van der Waals surface area (Å²) in [7, 11) is 0. The van der Waals surface area contributed by atoms with E-state index in [1.54, 1.807) is 6.20 Å². The van der Waals surface area contributed by atoms with Gasteiger partial charge in [-0.1, -0.05) is 0 Å². The molecule has 0 bridgehead atoms. The van der Waals surface area contributed by atoms with Crippen molar-refractivity contribution >= 4 is 0 Å². The van der Waals surface area contributed by atoms with E-state index >= 15 is 0 Å². The number of rotatable bonds is 5. The molecule has 0 aromatic carbocycles. The molecule has 1 aliphatic carbocycles. The van der Waals surface area contributed by atoms with E-state index in [1.807, 2.05) is 13.1 Å². The third-order valence-electron chi connectivity index (χ3n) is 3.36. The molecule has 4 nitrogen and oxygen atoms in total. The summed E-state index contributed by atoms with van der Waals surface area (Å²) < 4.78 is 2.07. The molecule has 0 saturated heterocycles. The van der Waals surface area contributed by atoms with E-state index in [1.165, 1.54) is 0 Å². The largest absolute Gasteiger partial charge is 0.332 e. The lowest BCUT2D eigenvalue weighted by molar-refractivity contribution is 0.293. The van der Waals surface area contributed by atoms with Crippen LogP contribution in [0, 0.1) is 24.2 Å². The second kappa shape index (κ2) is 4.50. The minimum absolute atomic E-state index is 0.319. The van der Waals surface area contributed by atoms with E-state index in [9.17, 15) is 5.26 Å². The van der Waals surface area contributed by atoms with Gasteiger partial charge >= 0.3 is 0 Å². The maximum absolute atomic E-state index is 9.58. The molecule has 1 atom stereocenters. The molecule has 4 heteroatoms. The van der Waals surface area contributed by atoms with Gasteiger partial charge in [0, 0.05) is 18.4 Å². The molecular formula is C13H20N4. The van der Waals surface area contributed by atoms with Crippen molar-refractivity contribution in [3.8, 4) is 6.07 Å². The van der Waals surface area contributed by atoms with Crippen molar-refractivity contribution in [3.63, 3.8) is 0 Å². The first-order chi connectivity index (χ1) is 8.07.